The van der Waals surface area contributed by atoms with Crippen LogP contribution < -0.4 is 10.9 Å². The zero-order chi connectivity index (χ0) is 23.8. The summed E-state index contributed by atoms with van der Waals surface area (Å²) >= 11 is 7.52. The maximum absolute atomic E-state index is 13.2. The van der Waals surface area contributed by atoms with Gasteiger partial charge in [-0.3, -0.25) is 14.2 Å². The lowest BCUT2D eigenvalue weighted by Crippen LogP contribution is -2.27. The number of hydrogen-bond donors (Lipinski definition) is 1. The molecule has 0 aliphatic heterocycles. The number of halogens is 1. The van der Waals surface area contributed by atoms with Crippen molar-refractivity contribution < 1.29 is 9.32 Å². The van der Waals surface area contributed by atoms with Gasteiger partial charge in [-0.15, -0.1) is 11.3 Å². The Kier molecular flexibility index (Phi) is 5.72. The van der Waals surface area contributed by atoms with Crippen LogP contribution in [0.5, 0.6) is 0 Å². The van der Waals surface area contributed by atoms with E-state index in [0.29, 0.717) is 42.8 Å². The SMILES string of the molecule is Cc1cccc(NC(=O)Cn2cnc3sc(-c4nc(-c5ccccc5Cl)no4)c(C)c3c2=O)c1. The molecule has 0 spiro atoms. The van der Waals surface area contributed by atoms with E-state index in [9.17, 15) is 9.59 Å². The average Bonchev–Trinajstić information content (AvgIpc) is 3.41. The summed E-state index contributed by atoms with van der Waals surface area (Å²) in [5.41, 5.74) is 2.71. The maximum atomic E-state index is 13.2. The fourth-order valence-electron chi connectivity index (χ4n) is 3.62. The number of nitrogens with one attached hydrogen (secondary N) is 1. The predicted octanol–water partition coefficient (Wildman–Crippen LogP) is 5.08. The highest BCUT2D eigenvalue weighted by atomic mass is 35.5. The summed E-state index contributed by atoms with van der Waals surface area (Å²) in [5.74, 6) is 0.317. The largest absolute Gasteiger partial charge is 0.333 e. The second kappa shape index (κ2) is 8.85. The highest BCUT2D eigenvalue weighted by Crippen LogP contribution is 2.36. The number of carbonyl (C=O) groups excluding carboxylic acids is 1. The van der Waals surface area contributed by atoms with Crippen LogP contribution in [0.15, 0.2) is 64.2 Å². The topological polar surface area (TPSA) is 103 Å². The molecule has 0 aliphatic rings. The number of rotatable bonds is 5. The first-order valence-corrected chi connectivity index (χ1v) is 11.5. The third-order valence-electron chi connectivity index (χ3n) is 5.27. The summed E-state index contributed by atoms with van der Waals surface area (Å²) in [6, 6.07) is 14.7. The van der Waals surface area contributed by atoms with Crippen molar-refractivity contribution in [3.8, 4) is 22.2 Å². The number of benzene rings is 2. The molecule has 170 valence electrons. The molecule has 2 aromatic carbocycles. The summed E-state index contributed by atoms with van der Waals surface area (Å²) in [5, 5.41) is 7.78. The molecule has 0 atom stereocenters. The monoisotopic (exact) mass is 491 g/mol. The van der Waals surface area contributed by atoms with Crippen molar-refractivity contribution in [3.05, 3.63) is 81.4 Å². The van der Waals surface area contributed by atoms with E-state index in [2.05, 4.69) is 20.4 Å². The number of carbonyl (C=O) groups is 1. The van der Waals surface area contributed by atoms with Crippen LogP contribution in [-0.2, 0) is 11.3 Å². The highest BCUT2D eigenvalue weighted by Gasteiger charge is 2.21. The normalized spacial score (nSPS) is 11.1. The molecule has 3 aromatic heterocycles. The summed E-state index contributed by atoms with van der Waals surface area (Å²) in [4.78, 5) is 35.7. The van der Waals surface area contributed by atoms with Gasteiger partial charge in [0.25, 0.3) is 11.4 Å². The Morgan fingerprint density at radius 2 is 2.00 bits per heavy atom. The standard InChI is InChI=1S/C24H18ClN5O3S/c1-13-6-5-7-15(10-13)27-18(31)11-30-12-26-23-19(24(30)32)14(2)20(34-23)22-28-21(29-33-22)16-8-3-4-9-17(16)25/h3-10,12H,11H2,1-2H3,(H,27,31). The van der Waals surface area contributed by atoms with Crippen molar-refractivity contribution in [2.24, 2.45) is 0 Å². The van der Waals surface area contributed by atoms with E-state index in [1.165, 1.54) is 22.2 Å². The van der Waals surface area contributed by atoms with Gasteiger partial charge in [-0.1, -0.05) is 41.0 Å². The molecule has 34 heavy (non-hydrogen) atoms. The van der Waals surface area contributed by atoms with E-state index < -0.39 is 0 Å². The predicted molar refractivity (Wildman–Crippen MR) is 132 cm³/mol. The zero-order valence-electron chi connectivity index (χ0n) is 18.2. The first-order valence-electron chi connectivity index (χ1n) is 10.3. The number of fused-ring (bicyclic) bond motifs is 1. The second-order valence-corrected chi connectivity index (χ2v) is 9.14. The molecule has 1 amide bonds. The minimum Gasteiger partial charge on any atom is -0.333 e. The molecule has 3 heterocycles. The molecular weight excluding hydrogens is 474 g/mol. The number of nitrogens with zero attached hydrogens (tertiary/aromatic N) is 4. The second-order valence-electron chi connectivity index (χ2n) is 7.73. The van der Waals surface area contributed by atoms with E-state index in [1.54, 1.807) is 25.1 Å². The number of hydrogen-bond acceptors (Lipinski definition) is 7. The maximum Gasteiger partial charge on any atom is 0.268 e. The van der Waals surface area contributed by atoms with Crippen LogP contribution in [0.2, 0.25) is 5.02 Å². The van der Waals surface area contributed by atoms with E-state index >= 15 is 0 Å². The van der Waals surface area contributed by atoms with Gasteiger partial charge in [-0.05, 0) is 49.2 Å². The van der Waals surface area contributed by atoms with Crippen molar-refractivity contribution >= 4 is 44.7 Å². The molecular formula is C24H18ClN5O3S. The Balaban J connectivity index is 1.45. The molecule has 0 fully saturated rings. The van der Waals surface area contributed by atoms with Crippen LogP contribution in [0.3, 0.4) is 0 Å². The molecule has 8 nitrogen and oxygen atoms in total. The molecule has 5 rings (SSSR count). The molecule has 10 heteroatoms. The molecule has 1 N–H and O–H groups in total. The quantitative estimate of drug-likeness (QED) is 0.367. The summed E-state index contributed by atoms with van der Waals surface area (Å²) in [6.07, 6.45) is 1.38. The highest BCUT2D eigenvalue weighted by molar-refractivity contribution is 7.22. The van der Waals surface area contributed by atoms with Crippen molar-refractivity contribution in [1.29, 1.82) is 0 Å². The fraction of sp³-hybridized carbons (Fsp3) is 0.125. The minimum atomic E-state index is -0.316. The lowest BCUT2D eigenvalue weighted by atomic mass is 10.2. The van der Waals surface area contributed by atoms with Gasteiger partial charge in [0.05, 0.1) is 21.6 Å². The van der Waals surface area contributed by atoms with Crippen molar-refractivity contribution in [2.45, 2.75) is 20.4 Å². The van der Waals surface area contributed by atoms with E-state index in [4.69, 9.17) is 16.1 Å². The van der Waals surface area contributed by atoms with Crippen LogP contribution >= 0.6 is 22.9 Å². The smallest absolute Gasteiger partial charge is 0.268 e. The summed E-state index contributed by atoms with van der Waals surface area (Å²) in [6.45, 7) is 3.58. The number of aryl methyl sites for hydroxylation is 2. The van der Waals surface area contributed by atoms with Gasteiger partial charge in [-0.25, -0.2) is 4.98 Å². The third kappa shape index (κ3) is 4.11. The van der Waals surface area contributed by atoms with Crippen molar-refractivity contribution in [3.63, 3.8) is 0 Å². The van der Waals surface area contributed by atoms with Crippen LogP contribution in [-0.4, -0.2) is 25.6 Å². The van der Waals surface area contributed by atoms with Gasteiger partial charge < -0.3 is 9.84 Å². The van der Waals surface area contributed by atoms with E-state index in [-0.39, 0.29) is 23.9 Å². The Morgan fingerprint density at radius 1 is 1.18 bits per heavy atom. The lowest BCUT2D eigenvalue weighted by Gasteiger charge is -2.08. The molecule has 0 saturated heterocycles. The Labute approximate surface area is 202 Å². The first-order chi connectivity index (χ1) is 16.4. The van der Waals surface area contributed by atoms with Gasteiger partial charge in [0, 0.05) is 11.3 Å². The Bertz CT molecular complexity index is 1600. The van der Waals surface area contributed by atoms with Gasteiger partial charge in [0.15, 0.2) is 0 Å². The molecule has 0 radical (unpaired) electrons. The van der Waals surface area contributed by atoms with Crippen molar-refractivity contribution in [2.75, 3.05) is 5.32 Å². The average molecular weight is 492 g/mol. The van der Waals surface area contributed by atoms with Gasteiger partial charge in [-0.2, -0.15) is 4.98 Å². The third-order valence-corrected chi connectivity index (χ3v) is 6.79. The van der Waals surface area contributed by atoms with Gasteiger partial charge >= 0.3 is 0 Å². The fourth-order valence-corrected chi connectivity index (χ4v) is 4.90. The van der Waals surface area contributed by atoms with Crippen molar-refractivity contribution in [1.82, 2.24) is 19.7 Å². The van der Waals surface area contributed by atoms with Gasteiger partial charge in [0.2, 0.25) is 11.7 Å². The Hall–Kier alpha value is -3.82. The molecule has 0 unspecified atom stereocenters. The van der Waals surface area contributed by atoms with Crippen LogP contribution in [0, 0.1) is 13.8 Å². The number of aromatic nitrogens is 4. The van der Waals surface area contributed by atoms with Crippen LogP contribution in [0.4, 0.5) is 5.69 Å². The summed E-state index contributed by atoms with van der Waals surface area (Å²) in [7, 11) is 0. The molecule has 0 aliphatic carbocycles. The Morgan fingerprint density at radius 3 is 2.79 bits per heavy atom. The molecule has 5 aromatic rings. The molecule has 0 bridgehead atoms. The van der Waals surface area contributed by atoms with Crippen LogP contribution in [0.25, 0.3) is 32.4 Å². The zero-order valence-corrected chi connectivity index (χ0v) is 19.8. The molecule has 0 saturated carbocycles. The number of thiophene rings is 1. The van der Waals surface area contributed by atoms with E-state index in [0.717, 1.165) is 5.56 Å². The van der Waals surface area contributed by atoms with Gasteiger partial charge in [0.1, 0.15) is 11.4 Å². The number of amides is 1. The summed E-state index contributed by atoms with van der Waals surface area (Å²) < 4.78 is 6.76. The van der Waals surface area contributed by atoms with E-state index in [1.807, 2.05) is 37.3 Å². The first kappa shape index (κ1) is 22.0. The lowest BCUT2D eigenvalue weighted by molar-refractivity contribution is -0.116. The minimum absolute atomic E-state index is 0.155. The van der Waals surface area contributed by atoms with Crippen LogP contribution in [0.1, 0.15) is 11.1 Å². The number of anilines is 1.